The van der Waals surface area contributed by atoms with Gasteiger partial charge in [-0.3, -0.25) is 9.59 Å². The summed E-state index contributed by atoms with van der Waals surface area (Å²) < 4.78 is 10.8. The van der Waals surface area contributed by atoms with Crippen LogP contribution in [0.25, 0.3) is 11.1 Å². The van der Waals surface area contributed by atoms with E-state index in [-0.39, 0.29) is 51.0 Å². The Kier molecular flexibility index (Phi) is 13.2. The molecule has 0 aliphatic carbocycles. The fourth-order valence-corrected chi connectivity index (χ4v) is 4.37. The first-order chi connectivity index (χ1) is 20.7. The Morgan fingerprint density at radius 1 is 0.791 bits per heavy atom. The number of benzene rings is 3. The van der Waals surface area contributed by atoms with E-state index in [2.05, 4.69) is 10.6 Å². The van der Waals surface area contributed by atoms with E-state index >= 15 is 0 Å². The molecule has 0 saturated carbocycles. The van der Waals surface area contributed by atoms with Gasteiger partial charge in [0.2, 0.25) is 5.91 Å². The highest BCUT2D eigenvalue weighted by Crippen LogP contribution is 2.20. The molecule has 0 bridgehead atoms. The molecule has 3 aromatic carbocycles. The van der Waals surface area contributed by atoms with Crippen LogP contribution in [0.15, 0.2) is 84.9 Å². The van der Waals surface area contributed by atoms with E-state index in [1.54, 1.807) is 0 Å². The third-order valence-electron chi connectivity index (χ3n) is 6.50. The molecule has 9 heteroatoms. The summed E-state index contributed by atoms with van der Waals surface area (Å²) in [5, 5.41) is 5.41. The zero-order valence-corrected chi connectivity index (χ0v) is 25.1. The summed E-state index contributed by atoms with van der Waals surface area (Å²) in [6, 6.07) is 25.8. The lowest BCUT2D eigenvalue weighted by Gasteiger charge is -2.27. The summed E-state index contributed by atoms with van der Waals surface area (Å²) in [6.45, 7) is 6.15. The third-order valence-corrected chi connectivity index (χ3v) is 6.50. The van der Waals surface area contributed by atoms with Crippen LogP contribution >= 0.6 is 0 Å². The van der Waals surface area contributed by atoms with E-state index < -0.39 is 24.0 Å². The molecular formula is C34H41N3O6. The van der Waals surface area contributed by atoms with Crippen molar-refractivity contribution in [1.29, 1.82) is 0 Å². The Morgan fingerprint density at radius 2 is 1.42 bits per heavy atom. The minimum Gasteiger partial charge on any atom is -0.464 e. The van der Waals surface area contributed by atoms with Crippen molar-refractivity contribution in [2.45, 2.75) is 46.3 Å². The molecule has 3 rings (SSSR count). The number of carbonyl (C=O) groups excluding carboxylic acids is 4. The predicted octanol–water partition coefficient (Wildman–Crippen LogP) is 4.75. The maximum Gasteiger partial charge on any atom is 0.329 e. The number of rotatable bonds is 15. The van der Waals surface area contributed by atoms with E-state index in [0.29, 0.717) is 6.54 Å². The number of urea groups is 1. The zero-order valence-electron chi connectivity index (χ0n) is 25.1. The van der Waals surface area contributed by atoms with Crippen LogP contribution in [0.3, 0.4) is 0 Å². The summed E-state index contributed by atoms with van der Waals surface area (Å²) in [7, 11) is 0. The normalized spacial score (nSPS) is 11.3. The molecule has 43 heavy (non-hydrogen) atoms. The molecule has 0 aliphatic rings. The summed E-state index contributed by atoms with van der Waals surface area (Å²) in [5.41, 5.74) is 3.83. The first kappa shape index (κ1) is 32.8. The van der Waals surface area contributed by atoms with Crippen LogP contribution in [0.2, 0.25) is 0 Å². The van der Waals surface area contributed by atoms with E-state index in [4.69, 9.17) is 9.47 Å². The number of nitrogens with one attached hydrogen (secondary N) is 2. The fourth-order valence-electron chi connectivity index (χ4n) is 4.37. The van der Waals surface area contributed by atoms with Gasteiger partial charge < -0.3 is 25.0 Å². The first-order valence-electron chi connectivity index (χ1n) is 14.5. The van der Waals surface area contributed by atoms with Gasteiger partial charge in [0.15, 0.2) is 0 Å². The lowest BCUT2D eigenvalue weighted by molar-refractivity contribution is -0.147. The van der Waals surface area contributed by atoms with Gasteiger partial charge in [0.05, 0.1) is 13.0 Å². The van der Waals surface area contributed by atoms with Gasteiger partial charge in [-0.1, -0.05) is 98.8 Å². The van der Waals surface area contributed by atoms with Crippen LogP contribution in [0.5, 0.6) is 0 Å². The molecule has 0 spiro atoms. The molecule has 0 radical (unpaired) electrons. The monoisotopic (exact) mass is 587 g/mol. The Balaban J connectivity index is 1.69. The SMILES string of the molecule is CC(=O)NCCOC(=O)CCN(CC(C)C)C(=O)N[C@@H](Cc1ccc(-c2ccccc2)cc1)C(=O)OCc1ccccc1. The topological polar surface area (TPSA) is 114 Å². The predicted molar refractivity (Wildman–Crippen MR) is 165 cm³/mol. The van der Waals surface area contributed by atoms with Crippen molar-refractivity contribution in [3.05, 3.63) is 96.1 Å². The van der Waals surface area contributed by atoms with Crippen LogP contribution in [-0.4, -0.2) is 61.1 Å². The number of nitrogens with zero attached hydrogens (tertiary/aromatic N) is 1. The number of esters is 2. The molecule has 0 unspecified atom stereocenters. The summed E-state index contributed by atoms with van der Waals surface area (Å²) in [4.78, 5) is 51.5. The lowest BCUT2D eigenvalue weighted by atomic mass is 10.0. The minimum atomic E-state index is -0.946. The standard InChI is InChI=1S/C34H41N3O6/c1-25(2)23-37(20-18-32(39)42-21-19-35-26(3)38)34(41)36-31(33(40)43-24-28-10-6-4-7-11-28)22-27-14-16-30(17-15-27)29-12-8-5-9-13-29/h4-17,25,31H,18-24H2,1-3H3,(H,35,38)(H,36,41)/t31-/m0/s1. The van der Waals surface area contributed by atoms with E-state index in [1.165, 1.54) is 11.8 Å². The van der Waals surface area contributed by atoms with Crippen LogP contribution in [0, 0.1) is 5.92 Å². The lowest BCUT2D eigenvalue weighted by Crippen LogP contribution is -2.50. The van der Waals surface area contributed by atoms with Gasteiger partial charge >= 0.3 is 18.0 Å². The zero-order chi connectivity index (χ0) is 31.0. The molecule has 3 aromatic rings. The van der Waals surface area contributed by atoms with Gasteiger partial charge in [-0.25, -0.2) is 9.59 Å². The van der Waals surface area contributed by atoms with Gasteiger partial charge in [0, 0.05) is 26.4 Å². The van der Waals surface area contributed by atoms with Crippen molar-refractivity contribution in [3.8, 4) is 11.1 Å². The van der Waals surface area contributed by atoms with Crippen molar-refractivity contribution in [1.82, 2.24) is 15.5 Å². The van der Waals surface area contributed by atoms with Gasteiger partial charge in [-0.15, -0.1) is 0 Å². The van der Waals surface area contributed by atoms with Crippen LogP contribution in [-0.2, 0) is 36.9 Å². The Bertz CT molecular complexity index is 1310. The highest BCUT2D eigenvalue weighted by molar-refractivity contribution is 5.84. The van der Waals surface area contributed by atoms with Gasteiger partial charge in [0.1, 0.15) is 19.3 Å². The molecule has 0 aromatic heterocycles. The number of hydrogen-bond donors (Lipinski definition) is 2. The van der Waals surface area contributed by atoms with Crippen molar-refractivity contribution < 1.29 is 28.7 Å². The average Bonchev–Trinajstić information content (AvgIpc) is 3.00. The van der Waals surface area contributed by atoms with Crippen molar-refractivity contribution >= 4 is 23.9 Å². The summed E-state index contributed by atoms with van der Waals surface area (Å²) in [6.07, 6.45) is 0.208. The third kappa shape index (κ3) is 12.0. The molecule has 2 N–H and O–H groups in total. The largest absolute Gasteiger partial charge is 0.464 e. The second-order valence-corrected chi connectivity index (χ2v) is 10.7. The highest BCUT2D eigenvalue weighted by atomic mass is 16.5. The van der Waals surface area contributed by atoms with Crippen LogP contribution in [0.4, 0.5) is 4.79 Å². The van der Waals surface area contributed by atoms with Gasteiger partial charge in [-0.05, 0) is 28.2 Å². The number of carbonyl (C=O) groups is 4. The fraction of sp³-hybridized carbons (Fsp3) is 0.353. The Morgan fingerprint density at radius 3 is 2.05 bits per heavy atom. The van der Waals surface area contributed by atoms with Crippen LogP contribution < -0.4 is 10.6 Å². The van der Waals surface area contributed by atoms with E-state index in [9.17, 15) is 19.2 Å². The average molecular weight is 588 g/mol. The van der Waals surface area contributed by atoms with Gasteiger partial charge in [0.25, 0.3) is 0 Å². The van der Waals surface area contributed by atoms with Gasteiger partial charge in [-0.2, -0.15) is 0 Å². The van der Waals surface area contributed by atoms with Crippen LogP contribution in [0.1, 0.15) is 38.3 Å². The molecule has 0 aliphatic heterocycles. The first-order valence-corrected chi connectivity index (χ1v) is 14.5. The molecule has 0 fully saturated rings. The van der Waals surface area contributed by atoms with E-state index in [1.807, 2.05) is 98.8 Å². The summed E-state index contributed by atoms with van der Waals surface area (Å²) >= 11 is 0. The molecule has 0 heterocycles. The maximum absolute atomic E-state index is 13.5. The number of hydrogen-bond acceptors (Lipinski definition) is 6. The van der Waals surface area contributed by atoms with Crippen molar-refractivity contribution in [3.63, 3.8) is 0 Å². The van der Waals surface area contributed by atoms with Crippen molar-refractivity contribution in [2.24, 2.45) is 5.92 Å². The minimum absolute atomic E-state index is 0.0235. The molecule has 9 nitrogen and oxygen atoms in total. The molecular weight excluding hydrogens is 546 g/mol. The maximum atomic E-state index is 13.5. The molecule has 1 atom stereocenters. The highest BCUT2D eigenvalue weighted by Gasteiger charge is 2.26. The second kappa shape index (κ2) is 17.3. The quantitative estimate of drug-likeness (QED) is 0.196. The molecule has 228 valence electrons. The summed E-state index contributed by atoms with van der Waals surface area (Å²) in [5.74, 6) is -1.12. The Hall–Kier alpha value is -4.66. The smallest absolute Gasteiger partial charge is 0.329 e. The molecule has 3 amide bonds. The Labute approximate surface area is 253 Å². The van der Waals surface area contributed by atoms with Crippen molar-refractivity contribution in [2.75, 3.05) is 26.2 Å². The second-order valence-electron chi connectivity index (χ2n) is 10.7. The van der Waals surface area contributed by atoms with E-state index in [0.717, 1.165) is 22.3 Å². The number of amides is 3. The number of ether oxygens (including phenoxy) is 2. The molecule has 0 saturated heterocycles.